The number of hydrogen-bond acceptors (Lipinski definition) is 4. The zero-order valence-electron chi connectivity index (χ0n) is 25.0. The summed E-state index contributed by atoms with van der Waals surface area (Å²) >= 11 is 11.0. The predicted octanol–water partition coefficient (Wildman–Crippen LogP) is 9.43. The Morgan fingerprint density at radius 1 is 0.809 bits per heavy atom. The summed E-state index contributed by atoms with van der Waals surface area (Å²) in [5.41, 5.74) is 3.17. The first-order valence-electron chi connectivity index (χ1n) is 14.4. The fourth-order valence-electron chi connectivity index (χ4n) is 4.45. The molecule has 47 heavy (non-hydrogen) atoms. The second-order valence-electron chi connectivity index (χ2n) is 10.4. The quantitative estimate of drug-likeness (QED) is 0.0988. The van der Waals surface area contributed by atoms with Crippen LogP contribution in [0.3, 0.4) is 0 Å². The van der Waals surface area contributed by atoms with Crippen LogP contribution in [0.2, 0.25) is 5.02 Å². The van der Waals surface area contributed by atoms with Crippen LogP contribution in [0.25, 0.3) is 6.08 Å². The van der Waals surface area contributed by atoms with Gasteiger partial charge in [0.05, 0.1) is 5.56 Å². The van der Waals surface area contributed by atoms with E-state index >= 15 is 0 Å². The monoisotopic (exact) mass is 727 g/mol. The lowest BCUT2D eigenvalue weighted by atomic mass is 10.1. The number of anilines is 2. The molecule has 5 aromatic rings. The number of hydrogen-bond donors (Lipinski definition) is 3. The molecule has 0 saturated carbocycles. The Balaban J connectivity index is 1.33. The molecule has 6 nitrogen and oxygen atoms in total. The van der Waals surface area contributed by atoms with E-state index in [4.69, 9.17) is 11.6 Å². The number of thioether (sulfide) groups is 1. The number of amides is 3. The minimum Gasteiger partial charge on any atom is -0.325 e. The molecule has 3 amide bonds. The molecule has 1 atom stereocenters. The van der Waals surface area contributed by atoms with Crippen LogP contribution in [0.5, 0.6) is 0 Å². The molecular weight excluding hydrogens is 701 g/mol. The zero-order chi connectivity index (χ0) is 33.3. The number of rotatable bonds is 10. The van der Waals surface area contributed by atoms with Gasteiger partial charge in [0.2, 0.25) is 5.91 Å². The van der Waals surface area contributed by atoms with Crippen molar-refractivity contribution in [1.82, 2.24) is 5.32 Å². The molecule has 3 N–H and O–H groups in total. The van der Waals surface area contributed by atoms with Crippen LogP contribution in [-0.2, 0) is 9.59 Å². The van der Waals surface area contributed by atoms with Gasteiger partial charge in [0.25, 0.3) is 11.8 Å². The summed E-state index contributed by atoms with van der Waals surface area (Å²) in [5.74, 6) is -2.28. The van der Waals surface area contributed by atoms with Crippen molar-refractivity contribution in [3.05, 3.63) is 165 Å². The zero-order valence-corrected chi connectivity index (χ0v) is 28.1. The normalized spacial score (nSPS) is 11.8. The average molecular weight is 729 g/mol. The molecule has 5 aromatic carbocycles. The Kier molecular flexibility index (Phi) is 11.3. The third-order valence-electron chi connectivity index (χ3n) is 6.94. The van der Waals surface area contributed by atoms with Gasteiger partial charge in [0.15, 0.2) is 0 Å². The van der Waals surface area contributed by atoms with E-state index < -0.39 is 22.9 Å². The summed E-state index contributed by atoms with van der Waals surface area (Å²) in [7, 11) is 0. The third kappa shape index (κ3) is 9.19. The maximum atomic E-state index is 14.3. The minimum atomic E-state index is -0.758. The second kappa shape index (κ2) is 15.7. The van der Waals surface area contributed by atoms with Crippen molar-refractivity contribution < 1.29 is 18.8 Å². The average Bonchev–Trinajstić information content (AvgIpc) is 3.07. The fourth-order valence-corrected chi connectivity index (χ4v) is 5.92. The van der Waals surface area contributed by atoms with Crippen LogP contribution in [0.1, 0.15) is 32.3 Å². The van der Waals surface area contributed by atoms with E-state index in [0.717, 1.165) is 20.5 Å². The summed E-state index contributed by atoms with van der Waals surface area (Å²) in [6.45, 7) is 1.89. The first-order chi connectivity index (χ1) is 22.7. The molecule has 0 radical (unpaired) electrons. The van der Waals surface area contributed by atoms with Crippen molar-refractivity contribution in [2.24, 2.45) is 0 Å². The summed E-state index contributed by atoms with van der Waals surface area (Å²) in [4.78, 5) is 40.6. The Morgan fingerprint density at radius 3 is 2.15 bits per heavy atom. The summed E-state index contributed by atoms with van der Waals surface area (Å²) in [5, 5.41) is 8.30. The SMILES string of the molecule is Cc1ccc(NC(=O)[C@H](Sc2ccc(NC(=O)/C(=C/c3ccc(Br)cc3)NC(=O)c3ccccc3F)cc2)c2ccccc2)cc1Cl. The number of benzene rings is 5. The number of nitrogens with one attached hydrogen (secondary N) is 3. The largest absolute Gasteiger partial charge is 0.325 e. The molecular formula is C37H28BrClFN3O3S. The first-order valence-corrected chi connectivity index (χ1v) is 16.4. The van der Waals surface area contributed by atoms with Crippen molar-refractivity contribution in [2.75, 3.05) is 10.6 Å². The lowest BCUT2D eigenvalue weighted by molar-refractivity contribution is -0.116. The first kappa shape index (κ1) is 33.7. The molecule has 0 unspecified atom stereocenters. The Bertz CT molecular complexity index is 1940. The number of carbonyl (C=O) groups excluding carboxylic acids is 3. The van der Waals surface area contributed by atoms with E-state index in [1.165, 1.54) is 36.0 Å². The molecule has 0 bridgehead atoms. The summed E-state index contributed by atoms with van der Waals surface area (Å²) in [6.07, 6.45) is 1.51. The molecule has 0 saturated heterocycles. The van der Waals surface area contributed by atoms with Gasteiger partial charge in [-0.2, -0.15) is 0 Å². The Hall–Kier alpha value is -4.70. The van der Waals surface area contributed by atoms with Crippen LogP contribution in [0.15, 0.2) is 136 Å². The number of carbonyl (C=O) groups is 3. The van der Waals surface area contributed by atoms with Gasteiger partial charge in [-0.1, -0.05) is 88.2 Å². The van der Waals surface area contributed by atoms with Gasteiger partial charge in [0.1, 0.15) is 16.8 Å². The van der Waals surface area contributed by atoms with Gasteiger partial charge in [-0.3, -0.25) is 14.4 Å². The molecule has 0 aliphatic heterocycles. The highest BCUT2D eigenvalue weighted by Crippen LogP contribution is 2.37. The van der Waals surface area contributed by atoms with Crippen LogP contribution < -0.4 is 16.0 Å². The maximum absolute atomic E-state index is 14.3. The molecule has 236 valence electrons. The highest BCUT2D eigenvalue weighted by atomic mass is 79.9. The summed E-state index contributed by atoms with van der Waals surface area (Å²) < 4.78 is 15.2. The standard InChI is InChI=1S/C37H28BrClFN3O3S/c1-23-11-16-28(22-31(23)39)42-37(46)34(25-7-3-2-4-8-25)47-29-19-17-27(18-20-29)41-36(45)33(21-24-12-14-26(38)15-13-24)43-35(44)30-9-5-6-10-32(30)40/h2-22,34H,1H3,(H,41,45)(H,42,46)(H,43,44)/b33-21-/t34-/m1/s1. The van der Waals surface area contributed by atoms with Crippen molar-refractivity contribution in [1.29, 1.82) is 0 Å². The van der Waals surface area contributed by atoms with Crippen molar-refractivity contribution in [3.8, 4) is 0 Å². The van der Waals surface area contributed by atoms with Crippen LogP contribution in [0, 0.1) is 12.7 Å². The van der Waals surface area contributed by atoms with E-state index in [2.05, 4.69) is 31.9 Å². The maximum Gasteiger partial charge on any atom is 0.272 e. The third-order valence-corrected chi connectivity index (χ3v) is 9.14. The number of halogens is 3. The molecule has 0 fully saturated rings. The molecule has 0 aliphatic rings. The van der Waals surface area contributed by atoms with Gasteiger partial charge in [0, 0.05) is 25.8 Å². The molecule has 0 aromatic heterocycles. The molecule has 10 heteroatoms. The highest BCUT2D eigenvalue weighted by Gasteiger charge is 2.23. The Morgan fingerprint density at radius 2 is 1.47 bits per heavy atom. The lowest BCUT2D eigenvalue weighted by Gasteiger charge is -2.18. The minimum absolute atomic E-state index is 0.0731. The molecule has 5 rings (SSSR count). The smallest absolute Gasteiger partial charge is 0.272 e. The van der Waals surface area contributed by atoms with Crippen LogP contribution in [0.4, 0.5) is 15.8 Å². The predicted molar refractivity (Wildman–Crippen MR) is 191 cm³/mol. The fraction of sp³-hybridized carbons (Fsp3) is 0.0541. The molecule has 0 aliphatic carbocycles. The van der Waals surface area contributed by atoms with E-state index in [0.29, 0.717) is 22.0 Å². The highest BCUT2D eigenvalue weighted by molar-refractivity contribution is 9.10. The molecule has 0 spiro atoms. The van der Waals surface area contributed by atoms with Gasteiger partial charge in [-0.15, -0.1) is 11.8 Å². The lowest BCUT2D eigenvalue weighted by Crippen LogP contribution is -2.31. The van der Waals surface area contributed by atoms with Crippen molar-refractivity contribution in [3.63, 3.8) is 0 Å². The van der Waals surface area contributed by atoms with E-state index in [1.807, 2.05) is 49.4 Å². The van der Waals surface area contributed by atoms with Gasteiger partial charge in [-0.05, 0) is 90.4 Å². The number of aryl methyl sites for hydroxylation is 1. The molecule has 0 heterocycles. The van der Waals surface area contributed by atoms with Gasteiger partial charge in [-0.25, -0.2) is 4.39 Å². The van der Waals surface area contributed by atoms with Crippen molar-refractivity contribution >= 4 is 74.5 Å². The van der Waals surface area contributed by atoms with Crippen molar-refractivity contribution in [2.45, 2.75) is 17.1 Å². The van der Waals surface area contributed by atoms with Crippen LogP contribution in [-0.4, -0.2) is 17.7 Å². The summed E-state index contributed by atoms with van der Waals surface area (Å²) in [6, 6.07) is 34.5. The Labute approximate surface area is 289 Å². The van der Waals surface area contributed by atoms with E-state index in [-0.39, 0.29) is 17.2 Å². The van der Waals surface area contributed by atoms with Crippen LogP contribution >= 0.6 is 39.3 Å². The van der Waals surface area contributed by atoms with Gasteiger partial charge >= 0.3 is 0 Å². The van der Waals surface area contributed by atoms with E-state index in [9.17, 15) is 18.8 Å². The van der Waals surface area contributed by atoms with E-state index in [1.54, 1.807) is 60.7 Å². The second-order valence-corrected chi connectivity index (χ2v) is 12.9. The van der Waals surface area contributed by atoms with Gasteiger partial charge < -0.3 is 16.0 Å². The topological polar surface area (TPSA) is 87.3 Å².